The van der Waals surface area contributed by atoms with Gasteiger partial charge < -0.3 is 18.9 Å². The van der Waals surface area contributed by atoms with Crippen LogP contribution in [0.1, 0.15) is 74.0 Å². The van der Waals surface area contributed by atoms with E-state index in [4.69, 9.17) is 18.9 Å². The van der Waals surface area contributed by atoms with Gasteiger partial charge in [0.05, 0.1) is 32.3 Å². The van der Waals surface area contributed by atoms with Gasteiger partial charge in [-0.05, 0) is 42.5 Å². The Balaban J connectivity index is 1.34. The van der Waals surface area contributed by atoms with Crippen molar-refractivity contribution in [2.24, 2.45) is 5.41 Å². The minimum atomic E-state index is -0.215. The zero-order valence-corrected chi connectivity index (χ0v) is 18.6. The van der Waals surface area contributed by atoms with Gasteiger partial charge in [-0.1, -0.05) is 38.1 Å². The van der Waals surface area contributed by atoms with E-state index < -0.39 is 0 Å². The van der Waals surface area contributed by atoms with Crippen LogP contribution in [0.25, 0.3) is 0 Å². The predicted molar refractivity (Wildman–Crippen MR) is 117 cm³/mol. The number of esters is 1. The van der Waals surface area contributed by atoms with Gasteiger partial charge in [0, 0.05) is 23.0 Å². The molecule has 3 aliphatic rings. The van der Waals surface area contributed by atoms with Crippen molar-refractivity contribution in [3.8, 4) is 11.5 Å². The second kappa shape index (κ2) is 7.56. The van der Waals surface area contributed by atoms with Crippen molar-refractivity contribution in [3.05, 3.63) is 58.7 Å². The lowest BCUT2D eigenvalue weighted by molar-refractivity contribution is -0.230. The van der Waals surface area contributed by atoms with Crippen molar-refractivity contribution in [3.63, 3.8) is 0 Å². The molecule has 0 spiro atoms. The number of hydrogen-bond donors (Lipinski definition) is 0. The van der Waals surface area contributed by atoms with Crippen LogP contribution >= 0.6 is 0 Å². The first-order valence-corrected chi connectivity index (χ1v) is 11.2. The first-order chi connectivity index (χ1) is 14.9. The molecule has 1 fully saturated rings. The summed E-state index contributed by atoms with van der Waals surface area (Å²) in [4.78, 5) is 11.6. The zero-order chi connectivity index (χ0) is 21.8. The summed E-state index contributed by atoms with van der Waals surface area (Å²) < 4.78 is 23.2. The van der Waals surface area contributed by atoms with Crippen molar-refractivity contribution in [2.75, 3.05) is 13.7 Å². The van der Waals surface area contributed by atoms with Crippen LogP contribution < -0.4 is 9.47 Å². The Morgan fingerprint density at radius 2 is 1.97 bits per heavy atom. The first kappa shape index (κ1) is 20.4. The van der Waals surface area contributed by atoms with Crippen LogP contribution in [0.15, 0.2) is 36.4 Å². The van der Waals surface area contributed by atoms with Crippen LogP contribution in [-0.4, -0.2) is 25.8 Å². The number of hydrogen-bond acceptors (Lipinski definition) is 5. The standard InChI is InChI=1S/C26H30O5/c1-15-26(2,3)25(30-15)21-7-5-6-20-19(21)10-11-22(20)31-17-8-9-18-16(12-24(27)28-4)14-29-23(18)13-17/h5-9,13,15-16,22,25H,10-12,14H2,1-4H3/t15?,16-,22-,25?/m1/s1. The molecule has 31 heavy (non-hydrogen) atoms. The number of fused-ring (bicyclic) bond motifs is 2. The Hall–Kier alpha value is -2.53. The Morgan fingerprint density at radius 1 is 1.16 bits per heavy atom. The molecule has 1 saturated heterocycles. The highest BCUT2D eigenvalue weighted by Crippen LogP contribution is 2.53. The molecule has 2 aliphatic heterocycles. The third-order valence-electron chi connectivity index (χ3n) is 7.38. The summed E-state index contributed by atoms with van der Waals surface area (Å²) in [5.74, 6) is 1.43. The number of carbonyl (C=O) groups is 1. The van der Waals surface area contributed by atoms with Gasteiger partial charge in [0.15, 0.2) is 0 Å². The number of methoxy groups -OCH3 is 1. The lowest BCUT2D eigenvalue weighted by atomic mass is 9.72. The molecule has 1 aliphatic carbocycles. The SMILES string of the molecule is COC(=O)C[C@@H]1COc2cc(O[C@@H]3CCc4c(C5OC(C)C5(C)C)cccc43)ccc21. The van der Waals surface area contributed by atoms with Crippen molar-refractivity contribution < 1.29 is 23.7 Å². The van der Waals surface area contributed by atoms with E-state index in [1.54, 1.807) is 0 Å². The summed E-state index contributed by atoms with van der Waals surface area (Å²) in [6, 6.07) is 12.5. The fourth-order valence-corrected chi connectivity index (χ4v) is 5.13. The molecule has 2 aromatic carbocycles. The number of benzene rings is 2. The van der Waals surface area contributed by atoms with Crippen LogP contribution in [0.5, 0.6) is 11.5 Å². The lowest BCUT2D eigenvalue weighted by Crippen LogP contribution is -2.48. The average molecular weight is 423 g/mol. The fourth-order valence-electron chi connectivity index (χ4n) is 5.13. The normalized spacial score (nSPS) is 27.6. The Labute approximate surface area is 183 Å². The summed E-state index contributed by atoms with van der Waals surface area (Å²) in [6.07, 6.45) is 2.75. The van der Waals surface area contributed by atoms with Gasteiger partial charge in [0.25, 0.3) is 0 Å². The van der Waals surface area contributed by atoms with Crippen LogP contribution in [-0.2, 0) is 20.7 Å². The molecule has 4 atom stereocenters. The lowest BCUT2D eigenvalue weighted by Gasteiger charge is -2.51. The van der Waals surface area contributed by atoms with E-state index in [0.29, 0.717) is 13.0 Å². The summed E-state index contributed by atoms with van der Waals surface area (Å²) >= 11 is 0. The van der Waals surface area contributed by atoms with E-state index in [1.807, 2.05) is 18.2 Å². The van der Waals surface area contributed by atoms with Crippen molar-refractivity contribution >= 4 is 5.97 Å². The van der Waals surface area contributed by atoms with E-state index in [9.17, 15) is 4.79 Å². The van der Waals surface area contributed by atoms with Gasteiger partial charge in [0.2, 0.25) is 0 Å². The van der Waals surface area contributed by atoms with Crippen molar-refractivity contribution in [1.29, 1.82) is 0 Å². The van der Waals surface area contributed by atoms with E-state index in [2.05, 4.69) is 39.0 Å². The summed E-state index contributed by atoms with van der Waals surface area (Å²) in [6.45, 7) is 7.22. The monoisotopic (exact) mass is 422 g/mol. The second-order valence-electron chi connectivity index (χ2n) is 9.53. The average Bonchev–Trinajstić information content (AvgIpc) is 3.36. The van der Waals surface area contributed by atoms with Gasteiger partial charge in [-0.3, -0.25) is 4.79 Å². The third kappa shape index (κ3) is 3.39. The van der Waals surface area contributed by atoms with Gasteiger partial charge in [-0.2, -0.15) is 0 Å². The van der Waals surface area contributed by atoms with E-state index in [-0.39, 0.29) is 35.6 Å². The molecule has 5 heteroatoms. The molecule has 2 aromatic rings. The molecule has 0 aromatic heterocycles. The smallest absolute Gasteiger partial charge is 0.306 e. The number of carbonyl (C=O) groups excluding carboxylic acids is 1. The van der Waals surface area contributed by atoms with Crippen LogP contribution in [0, 0.1) is 5.41 Å². The fraction of sp³-hybridized carbons (Fsp3) is 0.500. The largest absolute Gasteiger partial charge is 0.492 e. The molecule has 0 N–H and O–H groups in total. The molecule has 5 nitrogen and oxygen atoms in total. The number of ether oxygens (including phenoxy) is 4. The highest BCUT2D eigenvalue weighted by atomic mass is 16.5. The predicted octanol–water partition coefficient (Wildman–Crippen LogP) is 5.28. The molecule has 0 saturated carbocycles. The molecule has 2 unspecified atom stereocenters. The van der Waals surface area contributed by atoms with Crippen LogP contribution in [0.3, 0.4) is 0 Å². The maximum absolute atomic E-state index is 11.6. The topological polar surface area (TPSA) is 54.0 Å². The molecule has 2 heterocycles. The quantitative estimate of drug-likeness (QED) is 0.614. The summed E-state index contributed by atoms with van der Waals surface area (Å²) in [5.41, 5.74) is 5.15. The molecule has 0 radical (unpaired) electrons. The van der Waals surface area contributed by atoms with Crippen molar-refractivity contribution in [1.82, 2.24) is 0 Å². The highest BCUT2D eigenvalue weighted by Gasteiger charge is 2.49. The van der Waals surface area contributed by atoms with E-state index >= 15 is 0 Å². The van der Waals surface area contributed by atoms with Gasteiger partial charge in [-0.15, -0.1) is 0 Å². The maximum Gasteiger partial charge on any atom is 0.306 e. The van der Waals surface area contributed by atoms with Crippen LogP contribution in [0.4, 0.5) is 0 Å². The molecule has 0 bridgehead atoms. The molecule has 5 rings (SSSR count). The Kier molecular flexibility index (Phi) is 4.97. The maximum atomic E-state index is 11.6. The summed E-state index contributed by atoms with van der Waals surface area (Å²) in [5, 5.41) is 0. The Morgan fingerprint density at radius 3 is 2.71 bits per heavy atom. The minimum absolute atomic E-state index is 0.0286. The zero-order valence-electron chi connectivity index (χ0n) is 18.6. The Bertz CT molecular complexity index is 1010. The molecular weight excluding hydrogens is 392 g/mol. The third-order valence-corrected chi connectivity index (χ3v) is 7.38. The van der Waals surface area contributed by atoms with Gasteiger partial charge >= 0.3 is 5.97 Å². The minimum Gasteiger partial charge on any atom is -0.492 e. The molecular formula is C26H30O5. The van der Waals surface area contributed by atoms with E-state index in [1.165, 1.54) is 23.8 Å². The summed E-state index contributed by atoms with van der Waals surface area (Å²) in [7, 11) is 1.42. The first-order valence-electron chi connectivity index (χ1n) is 11.2. The van der Waals surface area contributed by atoms with Crippen molar-refractivity contribution in [2.45, 2.75) is 64.3 Å². The van der Waals surface area contributed by atoms with Gasteiger partial charge in [-0.25, -0.2) is 0 Å². The second-order valence-corrected chi connectivity index (χ2v) is 9.53. The van der Waals surface area contributed by atoms with Crippen LogP contribution in [0.2, 0.25) is 0 Å². The highest BCUT2D eigenvalue weighted by molar-refractivity contribution is 5.71. The molecule has 164 valence electrons. The molecule has 0 amide bonds. The van der Waals surface area contributed by atoms with Gasteiger partial charge in [0.1, 0.15) is 17.6 Å². The number of rotatable bonds is 5. The van der Waals surface area contributed by atoms with E-state index in [0.717, 1.165) is 29.9 Å².